The largest absolute Gasteiger partial charge is 0.384 e. The maximum atomic E-state index is 11.7. The molecule has 1 aromatic rings. The Morgan fingerprint density at radius 2 is 2.11 bits per heavy atom. The van der Waals surface area contributed by atoms with Crippen LogP contribution in [0.5, 0.6) is 0 Å². The van der Waals surface area contributed by atoms with E-state index in [0.717, 1.165) is 30.5 Å². The summed E-state index contributed by atoms with van der Waals surface area (Å²) in [6, 6.07) is 7.82. The number of hydrogen-bond acceptors (Lipinski definition) is 2. The van der Waals surface area contributed by atoms with Gasteiger partial charge in [0.25, 0.3) is 0 Å². The van der Waals surface area contributed by atoms with Gasteiger partial charge in [-0.05, 0) is 30.9 Å². The monoisotopic (exact) mass is 269 g/mol. The Morgan fingerprint density at radius 1 is 1.33 bits per heavy atom. The number of methoxy groups -OCH3 is 1. The molecule has 0 aliphatic rings. The molecule has 0 aliphatic carbocycles. The minimum absolute atomic E-state index is 0.0463. The number of rotatable bonds is 8. The fraction of sp³-hybridized carbons (Fsp3) is 0.500. The number of amides is 1. The lowest BCUT2D eigenvalue weighted by Crippen LogP contribution is -2.13. The van der Waals surface area contributed by atoms with Gasteiger partial charge in [-0.1, -0.05) is 18.2 Å². The molecule has 4 heteroatoms. The Kier molecular flexibility index (Phi) is 7.46. The molecular formula is C14H20ClNO2. The van der Waals surface area contributed by atoms with Gasteiger partial charge in [-0.15, -0.1) is 11.6 Å². The van der Waals surface area contributed by atoms with E-state index in [0.29, 0.717) is 18.9 Å². The molecule has 0 saturated carbocycles. The molecule has 18 heavy (non-hydrogen) atoms. The maximum Gasteiger partial charge on any atom is 0.224 e. The van der Waals surface area contributed by atoms with Gasteiger partial charge in [0.1, 0.15) is 0 Å². The minimum atomic E-state index is 0.0463. The van der Waals surface area contributed by atoms with Crippen molar-refractivity contribution in [1.29, 1.82) is 0 Å². The van der Waals surface area contributed by atoms with E-state index >= 15 is 0 Å². The number of alkyl halides is 1. The molecular weight excluding hydrogens is 250 g/mol. The summed E-state index contributed by atoms with van der Waals surface area (Å²) in [6.45, 7) is 0.652. The smallest absolute Gasteiger partial charge is 0.224 e. The number of hydrogen-bond donors (Lipinski definition) is 1. The van der Waals surface area contributed by atoms with Crippen LogP contribution >= 0.6 is 11.6 Å². The Morgan fingerprint density at radius 3 is 2.83 bits per heavy atom. The van der Waals surface area contributed by atoms with Crippen LogP contribution in [0.2, 0.25) is 0 Å². The van der Waals surface area contributed by atoms with Crippen molar-refractivity contribution in [3.8, 4) is 0 Å². The van der Waals surface area contributed by atoms with Crippen LogP contribution < -0.4 is 5.32 Å². The lowest BCUT2D eigenvalue weighted by molar-refractivity contribution is -0.116. The molecule has 0 spiro atoms. The van der Waals surface area contributed by atoms with Crippen LogP contribution in [0.3, 0.4) is 0 Å². The van der Waals surface area contributed by atoms with Gasteiger partial charge >= 0.3 is 0 Å². The Labute approximate surface area is 113 Å². The zero-order chi connectivity index (χ0) is 13.2. The average Bonchev–Trinajstić information content (AvgIpc) is 2.38. The summed E-state index contributed by atoms with van der Waals surface area (Å²) in [5, 5.41) is 2.94. The van der Waals surface area contributed by atoms with Gasteiger partial charge in [0.05, 0.1) is 6.61 Å². The van der Waals surface area contributed by atoms with E-state index in [1.165, 1.54) is 0 Å². The molecule has 0 bridgehead atoms. The second kappa shape index (κ2) is 8.95. The minimum Gasteiger partial charge on any atom is -0.384 e. The van der Waals surface area contributed by atoms with Crippen molar-refractivity contribution < 1.29 is 9.53 Å². The first-order valence-electron chi connectivity index (χ1n) is 6.20. The van der Waals surface area contributed by atoms with Crippen LogP contribution in [-0.2, 0) is 16.0 Å². The zero-order valence-corrected chi connectivity index (χ0v) is 11.5. The average molecular weight is 270 g/mol. The standard InChI is InChI=1S/C14H20ClNO2/c1-18-11-9-12-6-2-3-7-13(12)16-14(17)8-4-5-10-15/h2-3,6-7H,4-5,8-11H2,1H3,(H,16,17). The molecule has 0 radical (unpaired) electrons. The van der Waals surface area contributed by atoms with Crippen molar-refractivity contribution in [2.45, 2.75) is 25.7 Å². The SMILES string of the molecule is COCCc1ccccc1NC(=O)CCCCCl. The summed E-state index contributed by atoms with van der Waals surface area (Å²) in [4.78, 5) is 11.7. The number of carbonyl (C=O) groups is 1. The second-order valence-electron chi connectivity index (χ2n) is 4.09. The molecule has 0 atom stereocenters. The van der Waals surface area contributed by atoms with Crippen LogP contribution in [0.4, 0.5) is 5.69 Å². The third-order valence-corrected chi connectivity index (χ3v) is 2.92. The van der Waals surface area contributed by atoms with Crippen LogP contribution in [0.25, 0.3) is 0 Å². The van der Waals surface area contributed by atoms with Crippen molar-refractivity contribution in [1.82, 2.24) is 0 Å². The Bertz CT molecular complexity index is 369. The third kappa shape index (κ3) is 5.52. The predicted octanol–water partition coefficient (Wildman–Crippen LogP) is 3.22. The van der Waals surface area contributed by atoms with Crippen molar-refractivity contribution in [2.24, 2.45) is 0 Å². The highest BCUT2D eigenvalue weighted by Crippen LogP contribution is 2.16. The molecule has 1 N–H and O–H groups in total. The molecule has 1 amide bonds. The molecule has 0 fully saturated rings. The summed E-state index contributed by atoms with van der Waals surface area (Å²) >= 11 is 5.58. The molecule has 0 heterocycles. The van der Waals surface area contributed by atoms with E-state index in [1.54, 1.807) is 7.11 Å². The topological polar surface area (TPSA) is 38.3 Å². The summed E-state index contributed by atoms with van der Waals surface area (Å²) in [7, 11) is 1.67. The molecule has 3 nitrogen and oxygen atoms in total. The molecule has 1 rings (SSSR count). The third-order valence-electron chi connectivity index (χ3n) is 2.65. The zero-order valence-electron chi connectivity index (χ0n) is 10.7. The first-order valence-corrected chi connectivity index (χ1v) is 6.74. The van der Waals surface area contributed by atoms with Gasteiger partial charge < -0.3 is 10.1 Å². The van der Waals surface area contributed by atoms with E-state index < -0.39 is 0 Å². The number of carbonyl (C=O) groups excluding carboxylic acids is 1. The highest BCUT2D eigenvalue weighted by Gasteiger charge is 2.06. The summed E-state index contributed by atoms with van der Waals surface area (Å²) < 4.78 is 5.06. The van der Waals surface area contributed by atoms with E-state index in [1.807, 2.05) is 24.3 Å². The van der Waals surface area contributed by atoms with Crippen LogP contribution in [0, 0.1) is 0 Å². The van der Waals surface area contributed by atoms with E-state index in [2.05, 4.69) is 5.32 Å². The number of benzene rings is 1. The molecule has 0 unspecified atom stereocenters. The molecule has 0 saturated heterocycles. The quantitative estimate of drug-likeness (QED) is 0.581. The molecule has 0 aliphatic heterocycles. The van der Waals surface area contributed by atoms with E-state index in [4.69, 9.17) is 16.3 Å². The van der Waals surface area contributed by atoms with Gasteiger partial charge in [0.2, 0.25) is 5.91 Å². The van der Waals surface area contributed by atoms with E-state index in [-0.39, 0.29) is 5.91 Å². The highest BCUT2D eigenvalue weighted by atomic mass is 35.5. The fourth-order valence-corrected chi connectivity index (χ4v) is 1.85. The summed E-state index contributed by atoms with van der Waals surface area (Å²) in [5.74, 6) is 0.655. The van der Waals surface area contributed by atoms with Gasteiger partial charge in [-0.3, -0.25) is 4.79 Å². The van der Waals surface area contributed by atoms with Crippen LogP contribution in [-0.4, -0.2) is 25.5 Å². The summed E-state index contributed by atoms with van der Waals surface area (Å²) in [6.07, 6.45) is 3.02. The fourth-order valence-electron chi connectivity index (χ4n) is 1.67. The number of unbranched alkanes of at least 4 members (excludes halogenated alkanes) is 1. The highest BCUT2D eigenvalue weighted by molar-refractivity contribution is 6.17. The molecule has 100 valence electrons. The number of ether oxygens (including phenoxy) is 1. The van der Waals surface area contributed by atoms with Crippen molar-refractivity contribution in [3.05, 3.63) is 29.8 Å². The number of nitrogens with one attached hydrogen (secondary N) is 1. The predicted molar refractivity (Wildman–Crippen MR) is 75.2 cm³/mol. The number of halogens is 1. The Balaban J connectivity index is 2.51. The first kappa shape index (κ1) is 15.0. The second-order valence-corrected chi connectivity index (χ2v) is 4.47. The van der Waals surface area contributed by atoms with Crippen LogP contribution in [0.1, 0.15) is 24.8 Å². The van der Waals surface area contributed by atoms with Gasteiger partial charge in [0, 0.05) is 25.1 Å². The van der Waals surface area contributed by atoms with Crippen molar-refractivity contribution in [2.75, 3.05) is 24.9 Å². The van der Waals surface area contributed by atoms with Crippen molar-refractivity contribution >= 4 is 23.2 Å². The van der Waals surface area contributed by atoms with Gasteiger partial charge in [-0.25, -0.2) is 0 Å². The maximum absolute atomic E-state index is 11.7. The summed E-state index contributed by atoms with van der Waals surface area (Å²) in [5.41, 5.74) is 1.98. The molecule has 0 aromatic heterocycles. The number of para-hydroxylation sites is 1. The Hall–Kier alpha value is -1.06. The van der Waals surface area contributed by atoms with Gasteiger partial charge in [0.15, 0.2) is 0 Å². The van der Waals surface area contributed by atoms with Crippen molar-refractivity contribution in [3.63, 3.8) is 0 Å². The molecule has 1 aromatic carbocycles. The van der Waals surface area contributed by atoms with Gasteiger partial charge in [-0.2, -0.15) is 0 Å². The van der Waals surface area contributed by atoms with Crippen LogP contribution in [0.15, 0.2) is 24.3 Å². The normalized spacial score (nSPS) is 10.3. The van der Waals surface area contributed by atoms with E-state index in [9.17, 15) is 4.79 Å². The lowest BCUT2D eigenvalue weighted by Gasteiger charge is -2.10. The first-order chi connectivity index (χ1) is 8.77. The lowest BCUT2D eigenvalue weighted by atomic mass is 10.1. The number of anilines is 1.